The molecule has 2 rings (SSSR count). The lowest BCUT2D eigenvalue weighted by Crippen LogP contribution is -2.37. The summed E-state index contributed by atoms with van der Waals surface area (Å²) in [4.78, 5) is 19.1. The van der Waals surface area contributed by atoms with E-state index in [-0.39, 0.29) is 12.6 Å². The maximum Gasteiger partial charge on any atom is 0.323 e. The number of anilines is 1. The fourth-order valence-electron chi connectivity index (χ4n) is 2.18. The van der Waals surface area contributed by atoms with Gasteiger partial charge in [0.15, 0.2) is 5.13 Å². The Balaban J connectivity index is 2.08. The molecule has 0 saturated carbocycles. The first kappa shape index (κ1) is 16.5. The normalized spacial score (nSPS) is 10.5. The largest absolute Gasteiger partial charge is 0.395 e. The monoisotopic (exact) mass is 319 g/mol. The van der Waals surface area contributed by atoms with E-state index in [0.29, 0.717) is 18.2 Å². The number of carbonyl (C=O) groups is 1. The summed E-state index contributed by atoms with van der Waals surface area (Å²) in [7, 11) is 0. The topological polar surface area (TPSA) is 65.5 Å². The molecule has 2 aromatic rings. The highest BCUT2D eigenvalue weighted by Crippen LogP contribution is 2.31. The summed E-state index contributed by atoms with van der Waals surface area (Å²) in [6.45, 7) is 4.95. The van der Waals surface area contributed by atoms with Crippen molar-refractivity contribution in [3.8, 4) is 10.4 Å². The number of carbonyl (C=O) groups excluding carboxylic acids is 1. The van der Waals surface area contributed by atoms with Crippen molar-refractivity contribution >= 4 is 22.5 Å². The zero-order valence-corrected chi connectivity index (χ0v) is 13.7. The summed E-state index contributed by atoms with van der Waals surface area (Å²) < 4.78 is 0. The van der Waals surface area contributed by atoms with E-state index in [9.17, 15) is 4.79 Å². The lowest BCUT2D eigenvalue weighted by molar-refractivity contribution is 0.188. The molecule has 118 valence electrons. The molecule has 0 unspecified atom stereocenters. The average Bonchev–Trinajstić information content (AvgIpc) is 2.95. The van der Waals surface area contributed by atoms with Crippen LogP contribution < -0.4 is 5.32 Å². The molecule has 0 fully saturated rings. The second-order valence-electron chi connectivity index (χ2n) is 4.99. The number of aryl methyl sites for hydroxylation is 1. The molecule has 6 heteroatoms. The molecule has 22 heavy (non-hydrogen) atoms. The Morgan fingerprint density at radius 3 is 2.82 bits per heavy atom. The fraction of sp³-hybridized carbons (Fsp3) is 0.375. The van der Waals surface area contributed by atoms with Gasteiger partial charge in [0.1, 0.15) is 0 Å². The third kappa shape index (κ3) is 4.05. The van der Waals surface area contributed by atoms with E-state index in [1.165, 1.54) is 16.9 Å². The van der Waals surface area contributed by atoms with Crippen LogP contribution in [0.1, 0.15) is 18.9 Å². The third-order valence-electron chi connectivity index (χ3n) is 3.28. The molecule has 1 aromatic carbocycles. The molecule has 0 radical (unpaired) electrons. The van der Waals surface area contributed by atoms with Crippen LogP contribution in [0.4, 0.5) is 9.93 Å². The van der Waals surface area contributed by atoms with Crippen molar-refractivity contribution in [2.75, 3.05) is 25.0 Å². The van der Waals surface area contributed by atoms with Crippen molar-refractivity contribution in [3.05, 3.63) is 36.0 Å². The molecule has 0 bridgehead atoms. The maximum absolute atomic E-state index is 12.2. The third-order valence-corrected chi connectivity index (χ3v) is 4.23. The van der Waals surface area contributed by atoms with E-state index in [1.807, 2.05) is 25.1 Å². The summed E-state index contributed by atoms with van der Waals surface area (Å²) in [5.41, 5.74) is 2.30. The highest BCUT2D eigenvalue weighted by Gasteiger charge is 2.14. The van der Waals surface area contributed by atoms with E-state index >= 15 is 0 Å². The van der Waals surface area contributed by atoms with Gasteiger partial charge in [-0.15, -0.1) is 0 Å². The van der Waals surface area contributed by atoms with Gasteiger partial charge in [-0.2, -0.15) is 0 Å². The molecular weight excluding hydrogens is 298 g/mol. The number of hydrogen-bond donors (Lipinski definition) is 2. The van der Waals surface area contributed by atoms with Crippen LogP contribution in [-0.2, 0) is 0 Å². The summed E-state index contributed by atoms with van der Waals surface area (Å²) in [5.74, 6) is 0. The Labute approximate surface area is 134 Å². The number of hydrogen-bond acceptors (Lipinski definition) is 4. The van der Waals surface area contributed by atoms with Crippen molar-refractivity contribution in [2.24, 2.45) is 0 Å². The van der Waals surface area contributed by atoms with E-state index in [0.717, 1.165) is 16.9 Å². The van der Waals surface area contributed by atoms with Crippen molar-refractivity contribution in [1.82, 2.24) is 9.88 Å². The fourth-order valence-corrected chi connectivity index (χ4v) is 3.08. The van der Waals surface area contributed by atoms with Crippen LogP contribution in [0.3, 0.4) is 0 Å². The van der Waals surface area contributed by atoms with E-state index in [1.54, 1.807) is 11.1 Å². The first-order valence-corrected chi connectivity index (χ1v) is 8.16. The first-order valence-electron chi connectivity index (χ1n) is 7.34. The number of urea groups is 1. The van der Waals surface area contributed by atoms with E-state index in [4.69, 9.17) is 5.11 Å². The predicted octanol–water partition coefficient (Wildman–Crippen LogP) is 3.35. The molecule has 0 spiro atoms. The van der Waals surface area contributed by atoms with Gasteiger partial charge in [0.05, 0.1) is 11.5 Å². The number of aliphatic hydroxyl groups is 1. The number of rotatable bonds is 6. The molecule has 2 N–H and O–H groups in total. The molecule has 1 heterocycles. The summed E-state index contributed by atoms with van der Waals surface area (Å²) in [6.07, 6.45) is 2.62. The second kappa shape index (κ2) is 7.91. The molecule has 1 aromatic heterocycles. The van der Waals surface area contributed by atoms with Crippen molar-refractivity contribution < 1.29 is 9.90 Å². The van der Waals surface area contributed by atoms with Gasteiger partial charge in [-0.05, 0) is 24.5 Å². The Hall–Kier alpha value is -1.92. The van der Waals surface area contributed by atoms with Gasteiger partial charge in [-0.3, -0.25) is 5.32 Å². The van der Waals surface area contributed by atoms with Gasteiger partial charge in [-0.25, -0.2) is 9.78 Å². The van der Waals surface area contributed by atoms with E-state index in [2.05, 4.69) is 23.3 Å². The lowest BCUT2D eigenvalue weighted by Gasteiger charge is -2.20. The number of thiazole rings is 1. The van der Waals surface area contributed by atoms with Crippen LogP contribution in [0.5, 0.6) is 0 Å². The van der Waals surface area contributed by atoms with Crippen molar-refractivity contribution in [2.45, 2.75) is 20.3 Å². The minimum absolute atomic E-state index is 0.0419. The summed E-state index contributed by atoms with van der Waals surface area (Å²) in [5, 5.41) is 12.4. The van der Waals surface area contributed by atoms with Crippen molar-refractivity contribution in [3.63, 3.8) is 0 Å². The zero-order chi connectivity index (χ0) is 15.9. The van der Waals surface area contributed by atoms with Crippen molar-refractivity contribution in [1.29, 1.82) is 0 Å². The predicted molar refractivity (Wildman–Crippen MR) is 90.3 cm³/mol. The smallest absolute Gasteiger partial charge is 0.323 e. The minimum atomic E-state index is -0.221. The van der Waals surface area contributed by atoms with Crippen LogP contribution in [0, 0.1) is 6.92 Å². The lowest BCUT2D eigenvalue weighted by atomic mass is 10.1. The van der Waals surface area contributed by atoms with Crippen LogP contribution in [-0.4, -0.2) is 40.7 Å². The highest BCUT2D eigenvalue weighted by atomic mass is 32.1. The summed E-state index contributed by atoms with van der Waals surface area (Å²) in [6, 6.07) is 7.87. The SMILES string of the molecule is CCCN(CCO)C(=O)Nc1ncc(-c2ccccc2C)s1. The molecule has 0 saturated heterocycles. The maximum atomic E-state index is 12.2. The molecule has 0 aliphatic rings. The van der Waals surface area contributed by atoms with Crippen LogP contribution >= 0.6 is 11.3 Å². The molecule has 0 aliphatic heterocycles. The number of aromatic nitrogens is 1. The first-order chi connectivity index (χ1) is 10.7. The number of nitrogens with one attached hydrogen (secondary N) is 1. The average molecular weight is 319 g/mol. The van der Waals surface area contributed by atoms with Crippen LogP contribution in [0.2, 0.25) is 0 Å². The zero-order valence-electron chi connectivity index (χ0n) is 12.9. The Kier molecular flexibility index (Phi) is 5.91. The summed E-state index contributed by atoms with van der Waals surface area (Å²) >= 11 is 1.45. The Morgan fingerprint density at radius 2 is 2.14 bits per heavy atom. The quantitative estimate of drug-likeness (QED) is 0.858. The Morgan fingerprint density at radius 1 is 1.36 bits per heavy atom. The van der Waals surface area contributed by atoms with Gasteiger partial charge >= 0.3 is 6.03 Å². The highest BCUT2D eigenvalue weighted by molar-refractivity contribution is 7.19. The van der Waals surface area contributed by atoms with E-state index < -0.39 is 0 Å². The van der Waals surface area contributed by atoms with Gasteiger partial charge < -0.3 is 10.0 Å². The number of benzene rings is 1. The molecule has 5 nitrogen and oxygen atoms in total. The molecule has 0 aliphatic carbocycles. The minimum Gasteiger partial charge on any atom is -0.395 e. The van der Waals surface area contributed by atoms with Crippen LogP contribution in [0.15, 0.2) is 30.5 Å². The van der Waals surface area contributed by atoms with Crippen LogP contribution in [0.25, 0.3) is 10.4 Å². The van der Waals surface area contributed by atoms with Gasteiger partial charge in [0.2, 0.25) is 0 Å². The second-order valence-corrected chi connectivity index (χ2v) is 6.02. The van der Waals surface area contributed by atoms with Gasteiger partial charge in [-0.1, -0.05) is 42.5 Å². The molecule has 0 atom stereocenters. The molecule has 2 amide bonds. The number of amides is 2. The number of nitrogens with zero attached hydrogens (tertiary/aromatic N) is 2. The van der Waals surface area contributed by atoms with Gasteiger partial charge in [0.25, 0.3) is 0 Å². The van der Waals surface area contributed by atoms with Gasteiger partial charge in [0, 0.05) is 19.3 Å². The molecular formula is C16H21N3O2S. The Bertz CT molecular complexity index is 621. The number of aliphatic hydroxyl groups excluding tert-OH is 1. The standard InChI is InChI=1S/C16H21N3O2S/c1-3-8-19(9-10-20)16(21)18-15-17-11-14(22-15)13-7-5-4-6-12(13)2/h4-7,11,20H,3,8-10H2,1-2H3,(H,17,18,21).